The van der Waals surface area contributed by atoms with Crippen LogP contribution in [0.2, 0.25) is 0 Å². The van der Waals surface area contributed by atoms with Crippen LogP contribution in [0.3, 0.4) is 0 Å². The lowest BCUT2D eigenvalue weighted by Crippen LogP contribution is -1.92. The molecule has 0 radical (unpaired) electrons. The van der Waals surface area contributed by atoms with E-state index in [1.54, 1.807) is 18.2 Å². The summed E-state index contributed by atoms with van der Waals surface area (Å²) >= 11 is 6.14. The fourth-order valence-corrected chi connectivity index (χ4v) is 1.77. The number of carbonyl (C=O) groups excluding carboxylic acids is 1. The highest BCUT2D eigenvalue weighted by atomic mass is 35.5. The van der Waals surface area contributed by atoms with Crippen LogP contribution in [0.4, 0.5) is 5.69 Å². The highest BCUT2D eigenvalue weighted by Crippen LogP contribution is 2.17. The van der Waals surface area contributed by atoms with Crippen LogP contribution < -0.4 is 0 Å². The molecule has 2 aromatic carbocycles. The van der Waals surface area contributed by atoms with Gasteiger partial charge < -0.3 is 0 Å². The minimum atomic E-state index is 0.0166. The molecule has 0 heterocycles. The van der Waals surface area contributed by atoms with Crippen molar-refractivity contribution in [3.8, 4) is 0 Å². The SMILES string of the molecule is CC(=O)c1cccc(/N=C(\Cl)c2ccccc2)c1. The maximum absolute atomic E-state index is 11.3. The van der Waals surface area contributed by atoms with Crippen molar-refractivity contribution in [2.45, 2.75) is 6.92 Å². The fourth-order valence-electron chi connectivity index (χ4n) is 1.55. The van der Waals surface area contributed by atoms with Gasteiger partial charge in [-0.05, 0) is 19.1 Å². The van der Waals surface area contributed by atoms with Crippen molar-refractivity contribution in [2.24, 2.45) is 4.99 Å². The summed E-state index contributed by atoms with van der Waals surface area (Å²) < 4.78 is 0. The molecule has 2 nitrogen and oxygen atoms in total. The van der Waals surface area contributed by atoms with Crippen LogP contribution in [0.5, 0.6) is 0 Å². The van der Waals surface area contributed by atoms with Gasteiger partial charge in [0, 0.05) is 11.1 Å². The van der Waals surface area contributed by atoms with Crippen molar-refractivity contribution < 1.29 is 4.79 Å². The molecule has 18 heavy (non-hydrogen) atoms. The molecule has 0 amide bonds. The standard InChI is InChI=1S/C15H12ClNO/c1-11(18)13-8-5-9-14(10-13)17-15(16)12-6-3-2-4-7-12/h2-10H,1H3/b17-15-. The van der Waals surface area contributed by atoms with Crippen LogP contribution in [0.25, 0.3) is 0 Å². The Morgan fingerprint density at radius 2 is 1.67 bits per heavy atom. The minimum Gasteiger partial charge on any atom is -0.295 e. The maximum atomic E-state index is 11.3. The number of rotatable bonds is 3. The van der Waals surface area contributed by atoms with Crippen LogP contribution in [0.1, 0.15) is 22.8 Å². The molecule has 2 aromatic rings. The first-order chi connectivity index (χ1) is 8.66. The van der Waals surface area contributed by atoms with E-state index in [9.17, 15) is 4.79 Å². The summed E-state index contributed by atoms with van der Waals surface area (Å²) in [6.07, 6.45) is 0. The van der Waals surface area contributed by atoms with E-state index < -0.39 is 0 Å². The lowest BCUT2D eigenvalue weighted by Gasteiger charge is -2.00. The number of hydrogen-bond donors (Lipinski definition) is 0. The van der Waals surface area contributed by atoms with Gasteiger partial charge in [-0.1, -0.05) is 54.1 Å². The van der Waals surface area contributed by atoms with E-state index >= 15 is 0 Å². The number of Topliss-reactive ketones (excluding diaryl/α,β-unsaturated/α-hetero) is 1. The van der Waals surface area contributed by atoms with Gasteiger partial charge in [0.2, 0.25) is 0 Å². The molecule has 0 atom stereocenters. The quantitative estimate of drug-likeness (QED) is 0.598. The molecule has 0 N–H and O–H groups in total. The molecule has 0 aliphatic carbocycles. The van der Waals surface area contributed by atoms with E-state index in [-0.39, 0.29) is 5.78 Å². The molecular formula is C15H12ClNO. The first-order valence-corrected chi connectivity index (χ1v) is 5.95. The van der Waals surface area contributed by atoms with Crippen LogP contribution in [-0.4, -0.2) is 11.0 Å². The van der Waals surface area contributed by atoms with Crippen molar-refractivity contribution >= 4 is 28.2 Å². The summed E-state index contributed by atoms with van der Waals surface area (Å²) in [7, 11) is 0. The Labute approximate surface area is 111 Å². The topological polar surface area (TPSA) is 29.4 Å². The molecule has 0 aliphatic rings. The van der Waals surface area contributed by atoms with E-state index in [1.165, 1.54) is 6.92 Å². The third-order valence-corrected chi connectivity index (χ3v) is 2.79. The molecule has 0 aromatic heterocycles. The van der Waals surface area contributed by atoms with Crippen molar-refractivity contribution in [1.82, 2.24) is 0 Å². The predicted molar refractivity (Wildman–Crippen MR) is 74.9 cm³/mol. The van der Waals surface area contributed by atoms with Gasteiger partial charge in [0.1, 0.15) is 5.17 Å². The number of carbonyl (C=O) groups is 1. The summed E-state index contributed by atoms with van der Waals surface area (Å²) in [6, 6.07) is 16.6. The van der Waals surface area contributed by atoms with Crippen LogP contribution >= 0.6 is 11.6 Å². The van der Waals surface area contributed by atoms with E-state index in [1.807, 2.05) is 36.4 Å². The second-order valence-corrected chi connectivity index (χ2v) is 4.23. The maximum Gasteiger partial charge on any atom is 0.159 e. The summed E-state index contributed by atoms with van der Waals surface area (Å²) in [5, 5.41) is 0.413. The number of ketones is 1. The van der Waals surface area contributed by atoms with Gasteiger partial charge >= 0.3 is 0 Å². The molecule has 2 rings (SSSR count). The normalized spacial score (nSPS) is 11.3. The molecule has 0 bridgehead atoms. The van der Waals surface area contributed by atoms with Gasteiger partial charge in [-0.15, -0.1) is 0 Å². The number of benzene rings is 2. The molecule has 90 valence electrons. The second-order valence-electron chi connectivity index (χ2n) is 3.88. The van der Waals surface area contributed by atoms with Gasteiger partial charge in [-0.3, -0.25) is 4.79 Å². The molecule has 0 fully saturated rings. The van der Waals surface area contributed by atoms with E-state index in [4.69, 9.17) is 11.6 Å². The Hall–Kier alpha value is -1.93. The molecule has 0 aliphatic heterocycles. The Kier molecular flexibility index (Phi) is 3.90. The lowest BCUT2D eigenvalue weighted by molar-refractivity contribution is 0.101. The van der Waals surface area contributed by atoms with Crippen molar-refractivity contribution in [3.63, 3.8) is 0 Å². The number of hydrogen-bond acceptors (Lipinski definition) is 2. The number of aliphatic imine (C=N–C) groups is 1. The van der Waals surface area contributed by atoms with Gasteiger partial charge in [0.25, 0.3) is 0 Å². The van der Waals surface area contributed by atoms with Crippen molar-refractivity contribution in [1.29, 1.82) is 0 Å². The monoisotopic (exact) mass is 257 g/mol. The molecular weight excluding hydrogens is 246 g/mol. The third-order valence-electron chi connectivity index (χ3n) is 2.49. The predicted octanol–water partition coefficient (Wildman–Crippen LogP) is 4.21. The Bertz CT molecular complexity index is 590. The van der Waals surface area contributed by atoms with Gasteiger partial charge in [-0.25, -0.2) is 4.99 Å². The molecule has 0 saturated heterocycles. The first kappa shape index (κ1) is 12.5. The highest BCUT2D eigenvalue weighted by Gasteiger charge is 2.02. The lowest BCUT2D eigenvalue weighted by atomic mass is 10.1. The zero-order valence-corrected chi connectivity index (χ0v) is 10.7. The summed E-state index contributed by atoms with van der Waals surface area (Å²) in [4.78, 5) is 15.6. The molecule has 3 heteroatoms. The third kappa shape index (κ3) is 3.05. The Morgan fingerprint density at radius 1 is 1.00 bits per heavy atom. The van der Waals surface area contributed by atoms with Crippen molar-refractivity contribution in [3.05, 3.63) is 65.7 Å². The van der Waals surface area contributed by atoms with Crippen LogP contribution in [-0.2, 0) is 0 Å². The fraction of sp³-hybridized carbons (Fsp3) is 0.0667. The van der Waals surface area contributed by atoms with Gasteiger partial charge in [0.15, 0.2) is 5.78 Å². The average molecular weight is 258 g/mol. The Balaban J connectivity index is 2.33. The largest absolute Gasteiger partial charge is 0.295 e. The second kappa shape index (κ2) is 5.61. The zero-order valence-electron chi connectivity index (χ0n) is 9.93. The zero-order chi connectivity index (χ0) is 13.0. The average Bonchev–Trinajstić information content (AvgIpc) is 2.40. The summed E-state index contributed by atoms with van der Waals surface area (Å²) in [6.45, 7) is 1.53. The Morgan fingerprint density at radius 3 is 2.33 bits per heavy atom. The van der Waals surface area contributed by atoms with E-state index in [0.717, 1.165) is 5.56 Å². The number of nitrogens with zero attached hydrogens (tertiary/aromatic N) is 1. The van der Waals surface area contributed by atoms with E-state index in [2.05, 4.69) is 4.99 Å². The molecule has 0 saturated carbocycles. The minimum absolute atomic E-state index is 0.0166. The smallest absolute Gasteiger partial charge is 0.159 e. The summed E-state index contributed by atoms with van der Waals surface area (Å²) in [5.74, 6) is 0.0166. The summed E-state index contributed by atoms with van der Waals surface area (Å²) in [5.41, 5.74) is 2.16. The first-order valence-electron chi connectivity index (χ1n) is 5.57. The van der Waals surface area contributed by atoms with Gasteiger partial charge in [0.05, 0.1) is 5.69 Å². The van der Waals surface area contributed by atoms with Crippen LogP contribution in [0, 0.1) is 0 Å². The highest BCUT2D eigenvalue weighted by molar-refractivity contribution is 6.69. The number of halogens is 1. The molecule has 0 spiro atoms. The molecule has 0 unspecified atom stereocenters. The van der Waals surface area contributed by atoms with Gasteiger partial charge in [-0.2, -0.15) is 0 Å². The van der Waals surface area contributed by atoms with Crippen LogP contribution in [0.15, 0.2) is 59.6 Å². The van der Waals surface area contributed by atoms with Crippen molar-refractivity contribution in [2.75, 3.05) is 0 Å². The van der Waals surface area contributed by atoms with E-state index in [0.29, 0.717) is 16.4 Å².